The number of fused-ring (bicyclic) bond motifs is 3. The number of aliphatic carboxylic acids is 1. The lowest BCUT2D eigenvalue weighted by atomic mass is 9.79. The summed E-state index contributed by atoms with van der Waals surface area (Å²) in [6.45, 7) is 6.20. The Morgan fingerprint density at radius 3 is 2.41 bits per heavy atom. The molecule has 0 saturated heterocycles. The lowest BCUT2D eigenvalue weighted by Crippen LogP contribution is -2.48. The number of rotatable bonds is 3. The second-order valence-electron chi connectivity index (χ2n) is 8.98. The van der Waals surface area contributed by atoms with Crippen LogP contribution in [0.25, 0.3) is 0 Å². The number of carboxylic acids is 1. The quantitative estimate of drug-likeness (QED) is 0.520. The van der Waals surface area contributed by atoms with Gasteiger partial charge in [0, 0.05) is 10.3 Å². The van der Waals surface area contributed by atoms with Crippen LogP contribution in [0.3, 0.4) is 0 Å². The lowest BCUT2D eigenvalue weighted by molar-refractivity contribution is -0.149. The van der Waals surface area contributed by atoms with Crippen LogP contribution in [-0.4, -0.2) is 22.9 Å². The topological polar surface area (TPSA) is 95.5 Å². The number of amides is 2. The summed E-state index contributed by atoms with van der Waals surface area (Å²) in [6.07, 6.45) is 4.59. The van der Waals surface area contributed by atoms with Gasteiger partial charge in [-0.2, -0.15) is 0 Å². The van der Waals surface area contributed by atoms with Crippen molar-refractivity contribution in [1.29, 1.82) is 0 Å². The molecule has 4 rings (SSSR count). The summed E-state index contributed by atoms with van der Waals surface area (Å²) in [7, 11) is 0. The van der Waals surface area contributed by atoms with Gasteiger partial charge in [0.2, 0.25) is 5.91 Å². The average molecular weight is 417 g/mol. The fraction of sp³-hybridized carbons (Fsp3) is 0.591. The molecule has 6 nitrogen and oxygen atoms in total. The first kappa shape index (κ1) is 20.1. The maximum atomic E-state index is 12.9. The Morgan fingerprint density at radius 1 is 1.07 bits per heavy atom. The molecule has 3 N–H and O–H groups in total. The molecule has 156 valence electrons. The van der Waals surface area contributed by atoms with Crippen molar-refractivity contribution in [3.8, 4) is 0 Å². The molecule has 3 aliphatic carbocycles. The van der Waals surface area contributed by atoms with Gasteiger partial charge in [-0.05, 0) is 69.3 Å². The van der Waals surface area contributed by atoms with E-state index in [1.54, 1.807) is 11.3 Å². The highest BCUT2D eigenvalue weighted by molar-refractivity contribution is 7.10. The molecular weight excluding hydrogens is 388 g/mol. The molecule has 0 aromatic carbocycles. The molecule has 2 saturated carbocycles. The molecule has 2 amide bonds. The van der Waals surface area contributed by atoms with Crippen LogP contribution in [0.4, 0.5) is 0 Å². The number of thiophene rings is 1. The van der Waals surface area contributed by atoms with Gasteiger partial charge in [0.15, 0.2) is 0 Å². The van der Waals surface area contributed by atoms with Crippen LogP contribution >= 0.6 is 11.3 Å². The molecule has 29 heavy (non-hydrogen) atoms. The van der Waals surface area contributed by atoms with Crippen molar-refractivity contribution in [2.45, 2.75) is 52.9 Å². The summed E-state index contributed by atoms with van der Waals surface area (Å²) in [6, 6.07) is 0. The minimum Gasteiger partial charge on any atom is -0.481 e. The molecule has 0 spiro atoms. The van der Waals surface area contributed by atoms with E-state index in [9.17, 15) is 19.5 Å². The normalized spacial score (nSPS) is 30.0. The summed E-state index contributed by atoms with van der Waals surface area (Å²) in [4.78, 5) is 38.8. The largest absolute Gasteiger partial charge is 0.481 e. The molecule has 0 aliphatic heterocycles. The van der Waals surface area contributed by atoms with Crippen molar-refractivity contribution in [2.75, 3.05) is 0 Å². The van der Waals surface area contributed by atoms with E-state index in [2.05, 4.69) is 17.8 Å². The minimum absolute atomic E-state index is 0.0432. The highest BCUT2D eigenvalue weighted by Gasteiger charge is 2.57. The van der Waals surface area contributed by atoms with Gasteiger partial charge in [-0.1, -0.05) is 18.1 Å². The lowest BCUT2D eigenvalue weighted by Gasteiger charge is -2.26. The molecule has 0 radical (unpaired) electrons. The molecule has 2 bridgehead atoms. The van der Waals surface area contributed by atoms with E-state index in [1.807, 2.05) is 19.2 Å². The number of allylic oxidation sites excluding steroid dienone is 2. The molecule has 3 aliphatic rings. The number of hydrogen-bond donors (Lipinski definition) is 3. The van der Waals surface area contributed by atoms with Gasteiger partial charge in [-0.25, -0.2) is 0 Å². The molecule has 1 heterocycles. The summed E-state index contributed by atoms with van der Waals surface area (Å²) < 4.78 is 0. The van der Waals surface area contributed by atoms with Gasteiger partial charge in [0.25, 0.3) is 5.91 Å². The Hall–Kier alpha value is -2.15. The summed E-state index contributed by atoms with van der Waals surface area (Å²) in [5.41, 5.74) is 9.05. The second-order valence-corrected chi connectivity index (χ2v) is 9.94. The van der Waals surface area contributed by atoms with Crippen molar-refractivity contribution >= 4 is 29.1 Å². The first-order valence-corrected chi connectivity index (χ1v) is 11.3. The van der Waals surface area contributed by atoms with Crippen LogP contribution in [-0.2, 0) is 22.4 Å². The van der Waals surface area contributed by atoms with E-state index < -0.39 is 23.7 Å². The fourth-order valence-electron chi connectivity index (χ4n) is 5.74. The van der Waals surface area contributed by atoms with E-state index >= 15 is 0 Å². The number of nitrogens with one attached hydrogen (secondary N) is 2. The van der Waals surface area contributed by atoms with Crippen molar-refractivity contribution < 1.29 is 19.5 Å². The molecule has 2 fully saturated rings. The third kappa shape index (κ3) is 3.39. The third-order valence-electron chi connectivity index (χ3n) is 6.95. The second kappa shape index (κ2) is 7.59. The van der Waals surface area contributed by atoms with Crippen LogP contribution in [0.15, 0.2) is 16.5 Å². The Labute approximate surface area is 174 Å². The number of carbonyl (C=O) groups is 3. The number of carboxylic acid groups (broad SMARTS) is 1. The van der Waals surface area contributed by atoms with E-state index in [0.29, 0.717) is 11.5 Å². The van der Waals surface area contributed by atoms with Gasteiger partial charge in [-0.3, -0.25) is 25.2 Å². The molecular formula is C22H28N2O4S. The Bertz CT molecular complexity index is 899. The predicted octanol–water partition coefficient (Wildman–Crippen LogP) is 3.33. The van der Waals surface area contributed by atoms with Crippen LogP contribution in [0.1, 0.15) is 60.8 Å². The van der Waals surface area contributed by atoms with E-state index in [-0.39, 0.29) is 17.7 Å². The van der Waals surface area contributed by atoms with Gasteiger partial charge in [-0.15, -0.1) is 11.3 Å². The molecule has 5 atom stereocenters. The maximum absolute atomic E-state index is 12.9. The number of hydrazine groups is 1. The molecule has 7 heteroatoms. The van der Waals surface area contributed by atoms with Crippen molar-refractivity contribution in [3.05, 3.63) is 32.5 Å². The Morgan fingerprint density at radius 2 is 1.76 bits per heavy atom. The van der Waals surface area contributed by atoms with Gasteiger partial charge < -0.3 is 5.11 Å². The Kier molecular flexibility index (Phi) is 5.27. The van der Waals surface area contributed by atoms with Gasteiger partial charge in [0.1, 0.15) is 0 Å². The first-order valence-electron chi connectivity index (χ1n) is 10.4. The zero-order valence-corrected chi connectivity index (χ0v) is 17.9. The molecule has 1 aromatic rings. The zero-order chi connectivity index (χ0) is 20.9. The van der Waals surface area contributed by atoms with Crippen LogP contribution < -0.4 is 10.9 Å². The van der Waals surface area contributed by atoms with Gasteiger partial charge >= 0.3 is 5.97 Å². The summed E-state index contributed by atoms with van der Waals surface area (Å²) in [5, 5.41) is 11.6. The SMILES string of the molecule is CC(C)=C1[C@H]2CC[C@H]1[C@H](C(=O)NNC(=O)c1csc3c1CC[C@@H](C)C3)[C@H]2C(=O)O. The van der Waals surface area contributed by atoms with Crippen LogP contribution in [0.2, 0.25) is 0 Å². The minimum atomic E-state index is -0.927. The van der Waals surface area contributed by atoms with Gasteiger partial charge in [0.05, 0.1) is 17.4 Å². The van der Waals surface area contributed by atoms with E-state index in [0.717, 1.165) is 48.8 Å². The van der Waals surface area contributed by atoms with Crippen molar-refractivity contribution in [1.82, 2.24) is 10.9 Å². The maximum Gasteiger partial charge on any atom is 0.307 e. The summed E-state index contributed by atoms with van der Waals surface area (Å²) in [5.74, 6) is -2.47. The molecule has 1 aromatic heterocycles. The van der Waals surface area contributed by atoms with Crippen LogP contribution in [0, 0.1) is 29.6 Å². The number of carbonyl (C=O) groups excluding carboxylic acids is 2. The zero-order valence-electron chi connectivity index (χ0n) is 17.1. The van der Waals surface area contributed by atoms with Crippen molar-refractivity contribution in [3.63, 3.8) is 0 Å². The standard InChI is InChI=1S/C22H28N2O4S/c1-10(2)17-13-6-7-14(17)19(22(27)28)18(13)21(26)24-23-20(25)15-9-29-16-8-11(3)4-5-12(15)16/h9,11,13-14,18-19H,4-8H2,1-3H3,(H,23,25)(H,24,26)(H,27,28)/t11-,13-,14-,18+,19+/m1/s1. The molecule has 0 unspecified atom stereocenters. The highest BCUT2D eigenvalue weighted by atomic mass is 32.1. The average Bonchev–Trinajstić information content (AvgIpc) is 3.36. The van der Waals surface area contributed by atoms with E-state index in [4.69, 9.17) is 0 Å². The number of hydrogen-bond acceptors (Lipinski definition) is 4. The Balaban J connectivity index is 1.47. The smallest absolute Gasteiger partial charge is 0.307 e. The predicted molar refractivity (Wildman–Crippen MR) is 110 cm³/mol. The highest BCUT2D eigenvalue weighted by Crippen LogP contribution is 2.57. The van der Waals surface area contributed by atoms with Crippen molar-refractivity contribution in [2.24, 2.45) is 29.6 Å². The fourth-order valence-corrected chi connectivity index (χ4v) is 6.99. The summed E-state index contributed by atoms with van der Waals surface area (Å²) >= 11 is 1.60. The van der Waals surface area contributed by atoms with E-state index in [1.165, 1.54) is 4.88 Å². The monoisotopic (exact) mass is 416 g/mol. The van der Waals surface area contributed by atoms with Crippen LogP contribution in [0.5, 0.6) is 0 Å². The third-order valence-corrected chi connectivity index (χ3v) is 8.00. The first-order chi connectivity index (χ1) is 13.8.